The Morgan fingerprint density at radius 1 is 0.304 bits per heavy atom. The van der Waals surface area contributed by atoms with Crippen molar-refractivity contribution in [2.24, 2.45) is 0 Å². The highest BCUT2D eigenvalue weighted by Gasteiger charge is 2.36. The van der Waals surface area contributed by atoms with Crippen molar-refractivity contribution in [3.63, 3.8) is 0 Å². The van der Waals surface area contributed by atoms with Gasteiger partial charge in [0.1, 0.15) is 0 Å². The number of nitrogens with zero attached hydrogens (tertiary/aromatic N) is 2. The van der Waals surface area contributed by atoms with E-state index in [1.165, 1.54) is 113 Å². The standard InChI is InChI=1S/C50H62N2O4/c1-3-5-7-9-11-13-15-17-19-21-23-33-51-47(53)39-29-25-35-37-27-31-41-46-42(32-28-38(44(37)46)36-26-30-40(48(51)54)45(39)43(35)36)50(56)52(49(41)55)34-24-22-20-18-16-14-12-10-8-6-4-2/h25-32H,3-24,33-34H2,1-2H3. The van der Waals surface area contributed by atoms with Gasteiger partial charge in [-0.1, -0.05) is 167 Å². The van der Waals surface area contributed by atoms with Gasteiger partial charge in [-0.05, 0) is 69.4 Å². The molecule has 2 heterocycles. The fourth-order valence-corrected chi connectivity index (χ4v) is 9.64. The normalized spacial score (nSPS) is 14.2. The van der Waals surface area contributed by atoms with Crippen LogP contribution in [-0.2, 0) is 0 Å². The number of imide groups is 2. The SMILES string of the molecule is CCCCCCCCCCCCCN1C(=O)c2ccc3c4ccc5c6c(ccc(c7ccc(c2c37)C1=O)c64)C(=O)N(CCCCCCCCCCCCC)C5=O. The van der Waals surface area contributed by atoms with E-state index in [1.54, 1.807) is 0 Å². The maximum Gasteiger partial charge on any atom is 0.261 e. The van der Waals surface area contributed by atoms with E-state index < -0.39 is 0 Å². The number of carbonyl (C=O) groups is 4. The third kappa shape index (κ3) is 7.95. The first-order valence-corrected chi connectivity index (χ1v) is 22.4. The van der Waals surface area contributed by atoms with Gasteiger partial charge in [0.2, 0.25) is 0 Å². The van der Waals surface area contributed by atoms with Gasteiger partial charge in [0, 0.05) is 46.1 Å². The summed E-state index contributed by atoms with van der Waals surface area (Å²) < 4.78 is 0. The van der Waals surface area contributed by atoms with E-state index >= 15 is 0 Å². The Morgan fingerprint density at radius 3 is 0.786 bits per heavy atom. The molecule has 6 nitrogen and oxygen atoms in total. The van der Waals surface area contributed by atoms with Crippen molar-refractivity contribution < 1.29 is 19.2 Å². The highest BCUT2D eigenvalue weighted by atomic mass is 16.2. The zero-order chi connectivity index (χ0) is 39.0. The quantitative estimate of drug-likeness (QED) is 0.0272. The highest BCUT2D eigenvalue weighted by molar-refractivity contribution is 6.41. The molecule has 2 aliphatic rings. The van der Waals surface area contributed by atoms with E-state index in [-0.39, 0.29) is 23.6 Å². The predicted molar refractivity (Wildman–Crippen MR) is 231 cm³/mol. The van der Waals surface area contributed by atoms with Crippen LogP contribution >= 0.6 is 0 Å². The smallest absolute Gasteiger partial charge is 0.261 e. The van der Waals surface area contributed by atoms with Crippen LogP contribution < -0.4 is 0 Å². The van der Waals surface area contributed by atoms with Gasteiger partial charge in [0.05, 0.1) is 0 Å². The molecule has 296 valence electrons. The first-order valence-electron chi connectivity index (χ1n) is 22.4. The Kier molecular flexibility index (Phi) is 13.4. The van der Waals surface area contributed by atoms with Crippen molar-refractivity contribution in [1.29, 1.82) is 0 Å². The summed E-state index contributed by atoms with van der Waals surface area (Å²) in [6.07, 6.45) is 26.7. The fraction of sp³-hybridized carbons (Fsp3) is 0.520. The summed E-state index contributed by atoms with van der Waals surface area (Å²) in [7, 11) is 0. The molecule has 5 aromatic rings. The van der Waals surface area contributed by atoms with Crippen molar-refractivity contribution in [2.75, 3.05) is 13.1 Å². The van der Waals surface area contributed by atoms with Gasteiger partial charge < -0.3 is 0 Å². The number of benzene rings is 5. The number of amides is 4. The fourth-order valence-electron chi connectivity index (χ4n) is 9.64. The minimum Gasteiger partial charge on any atom is -0.274 e. The molecule has 0 saturated carbocycles. The van der Waals surface area contributed by atoms with Gasteiger partial charge in [-0.2, -0.15) is 0 Å². The summed E-state index contributed by atoms with van der Waals surface area (Å²) in [5.74, 6) is -0.876. The van der Waals surface area contributed by atoms with Crippen LogP contribution in [-0.4, -0.2) is 46.5 Å². The van der Waals surface area contributed by atoms with Crippen LogP contribution in [0.3, 0.4) is 0 Å². The Morgan fingerprint density at radius 2 is 0.536 bits per heavy atom. The zero-order valence-electron chi connectivity index (χ0n) is 34.1. The lowest BCUT2D eigenvalue weighted by Gasteiger charge is -2.30. The summed E-state index contributed by atoms with van der Waals surface area (Å²) in [5.41, 5.74) is 2.28. The van der Waals surface area contributed by atoms with Crippen molar-refractivity contribution in [1.82, 2.24) is 9.80 Å². The van der Waals surface area contributed by atoms with Crippen molar-refractivity contribution >= 4 is 66.7 Å². The molecule has 0 spiro atoms. The molecule has 2 aliphatic heterocycles. The Labute approximate surface area is 333 Å². The van der Waals surface area contributed by atoms with Gasteiger partial charge >= 0.3 is 0 Å². The number of unbranched alkanes of at least 4 members (excludes halogenated alkanes) is 20. The summed E-state index contributed by atoms with van der Waals surface area (Å²) in [4.78, 5) is 58.7. The Hall–Kier alpha value is -4.32. The molecule has 0 N–H and O–H groups in total. The van der Waals surface area contributed by atoms with Crippen LogP contribution in [0.15, 0.2) is 48.5 Å². The van der Waals surface area contributed by atoms with Gasteiger partial charge in [-0.3, -0.25) is 29.0 Å². The van der Waals surface area contributed by atoms with E-state index in [4.69, 9.17) is 0 Å². The average molecular weight is 755 g/mol. The molecule has 0 aliphatic carbocycles. The van der Waals surface area contributed by atoms with Crippen LogP contribution in [0.2, 0.25) is 0 Å². The largest absolute Gasteiger partial charge is 0.274 e. The van der Waals surface area contributed by atoms with Crippen LogP contribution in [0.1, 0.15) is 197 Å². The number of carbonyl (C=O) groups excluding carboxylic acids is 4. The molecular formula is C50H62N2O4. The van der Waals surface area contributed by atoms with Crippen molar-refractivity contribution in [3.05, 3.63) is 70.8 Å². The number of hydrogen-bond donors (Lipinski definition) is 0. The first kappa shape index (κ1) is 39.9. The maximum atomic E-state index is 13.9. The van der Waals surface area contributed by atoms with E-state index in [0.29, 0.717) is 35.3 Å². The van der Waals surface area contributed by atoms with Crippen LogP contribution in [0.5, 0.6) is 0 Å². The second-order valence-corrected chi connectivity index (χ2v) is 16.7. The summed E-state index contributed by atoms with van der Waals surface area (Å²) in [6, 6.07) is 15.5. The van der Waals surface area contributed by atoms with Crippen LogP contribution in [0, 0.1) is 0 Å². The number of rotatable bonds is 24. The molecular weight excluding hydrogens is 693 g/mol. The summed E-state index contributed by atoms with van der Waals surface area (Å²) in [5, 5.41) is 6.96. The van der Waals surface area contributed by atoms with Crippen molar-refractivity contribution in [3.8, 4) is 0 Å². The van der Waals surface area contributed by atoms with Crippen LogP contribution in [0.25, 0.3) is 43.1 Å². The molecule has 0 aromatic heterocycles. The lowest BCUT2D eigenvalue weighted by molar-refractivity contribution is 0.0592. The molecule has 0 fully saturated rings. The highest BCUT2D eigenvalue weighted by Crippen LogP contribution is 2.46. The molecule has 56 heavy (non-hydrogen) atoms. The summed E-state index contributed by atoms with van der Waals surface area (Å²) in [6.45, 7) is 5.37. The second kappa shape index (κ2) is 18.7. The predicted octanol–water partition coefficient (Wildman–Crippen LogP) is 13.6. The van der Waals surface area contributed by atoms with E-state index in [9.17, 15) is 19.2 Å². The molecule has 0 radical (unpaired) electrons. The minimum absolute atomic E-state index is 0.219. The van der Waals surface area contributed by atoms with Crippen molar-refractivity contribution in [2.45, 2.75) is 155 Å². The molecule has 6 heteroatoms. The number of fused-ring (bicyclic) bond motifs is 2. The third-order valence-electron chi connectivity index (χ3n) is 12.8. The third-order valence-corrected chi connectivity index (χ3v) is 12.8. The first-order chi connectivity index (χ1) is 27.5. The average Bonchev–Trinajstić information content (AvgIpc) is 3.21. The molecule has 0 unspecified atom stereocenters. The maximum absolute atomic E-state index is 13.9. The molecule has 0 bridgehead atoms. The monoisotopic (exact) mass is 754 g/mol. The topological polar surface area (TPSA) is 74.8 Å². The molecule has 0 atom stereocenters. The molecule has 0 saturated heterocycles. The molecule has 4 amide bonds. The van der Waals surface area contributed by atoms with Gasteiger partial charge in [0.25, 0.3) is 23.6 Å². The zero-order valence-corrected chi connectivity index (χ0v) is 34.1. The van der Waals surface area contributed by atoms with E-state index in [2.05, 4.69) is 13.8 Å². The van der Waals surface area contributed by atoms with Gasteiger partial charge in [0.15, 0.2) is 0 Å². The van der Waals surface area contributed by atoms with E-state index in [0.717, 1.165) is 81.6 Å². The van der Waals surface area contributed by atoms with Gasteiger partial charge in [-0.25, -0.2) is 0 Å². The lowest BCUT2D eigenvalue weighted by Crippen LogP contribution is -2.41. The molecule has 5 aromatic carbocycles. The number of hydrogen-bond acceptors (Lipinski definition) is 4. The second-order valence-electron chi connectivity index (χ2n) is 16.7. The lowest BCUT2D eigenvalue weighted by atomic mass is 9.82. The molecule has 7 rings (SSSR count). The Balaban J connectivity index is 1.04. The van der Waals surface area contributed by atoms with E-state index in [1.807, 2.05) is 48.5 Å². The Bertz CT molecular complexity index is 1930. The minimum atomic E-state index is -0.219. The van der Waals surface area contributed by atoms with Gasteiger partial charge in [-0.15, -0.1) is 0 Å². The summed E-state index contributed by atoms with van der Waals surface area (Å²) >= 11 is 0. The van der Waals surface area contributed by atoms with Crippen LogP contribution in [0.4, 0.5) is 0 Å².